The molecular formula is C19H22NNaO3. The number of aliphatic carboxylic acids is 1. The van der Waals surface area contributed by atoms with Gasteiger partial charge in [-0.2, -0.15) is 0 Å². The zero-order valence-corrected chi connectivity index (χ0v) is 16.4. The van der Waals surface area contributed by atoms with E-state index < -0.39 is 12.0 Å². The van der Waals surface area contributed by atoms with Gasteiger partial charge in [0.1, 0.15) is 0 Å². The summed E-state index contributed by atoms with van der Waals surface area (Å²) in [5, 5.41) is 16.0. The number of hydrogen-bond acceptors (Lipinski definition) is 3. The number of fused-ring (bicyclic) bond motifs is 1. The van der Waals surface area contributed by atoms with Gasteiger partial charge in [-0.15, -0.1) is 0 Å². The monoisotopic (exact) mass is 335 g/mol. The molecule has 0 bridgehead atoms. The second-order valence-electron chi connectivity index (χ2n) is 5.74. The molecule has 1 amide bonds. The van der Waals surface area contributed by atoms with E-state index in [0.29, 0.717) is 6.42 Å². The van der Waals surface area contributed by atoms with E-state index in [1.165, 1.54) is 0 Å². The normalized spacial score (nSPS) is 11.5. The minimum Gasteiger partial charge on any atom is -0.548 e. The largest absolute Gasteiger partial charge is 1.00 e. The van der Waals surface area contributed by atoms with E-state index in [0.717, 1.165) is 35.6 Å². The Bertz CT molecular complexity index is 682. The van der Waals surface area contributed by atoms with Gasteiger partial charge in [0, 0.05) is 6.42 Å². The Hall–Kier alpha value is -1.36. The van der Waals surface area contributed by atoms with Crippen molar-refractivity contribution in [2.75, 3.05) is 0 Å². The molecule has 0 aliphatic carbocycles. The maximum atomic E-state index is 11.9. The van der Waals surface area contributed by atoms with Crippen molar-refractivity contribution < 1.29 is 44.3 Å². The summed E-state index contributed by atoms with van der Waals surface area (Å²) < 4.78 is 0. The van der Waals surface area contributed by atoms with Gasteiger partial charge in [-0.05, 0) is 29.2 Å². The molecule has 1 unspecified atom stereocenters. The maximum absolute atomic E-state index is 11.9. The Kier molecular flexibility index (Phi) is 9.04. The van der Waals surface area contributed by atoms with Crippen LogP contribution in [0.2, 0.25) is 0 Å². The third-order valence-corrected chi connectivity index (χ3v) is 3.93. The van der Waals surface area contributed by atoms with Crippen LogP contribution in [0.4, 0.5) is 0 Å². The van der Waals surface area contributed by atoms with Gasteiger partial charge in [-0.1, -0.05) is 62.2 Å². The van der Waals surface area contributed by atoms with Crippen LogP contribution in [0.5, 0.6) is 0 Å². The molecule has 0 saturated carbocycles. The first-order valence-corrected chi connectivity index (χ1v) is 8.08. The summed E-state index contributed by atoms with van der Waals surface area (Å²) in [6.45, 7) is 2.06. The zero-order chi connectivity index (χ0) is 16.7. The van der Waals surface area contributed by atoms with Crippen LogP contribution in [0.15, 0.2) is 42.5 Å². The number of amides is 1. The van der Waals surface area contributed by atoms with Gasteiger partial charge < -0.3 is 15.2 Å². The molecule has 1 atom stereocenters. The Morgan fingerprint density at radius 2 is 1.79 bits per heavy atom. The van der Waals surface area contributed by atoms with Gasteiger partial charge in [-0.25, -0.2) is 0 Å². The molecule has 122 valence electrons. The number of carbonyl (C=O) groups is 2. The van der Waals surface area contributed by atoms with E-state index in [9.17, 15) is 14.7 Å². The number of nitrogens with one attached hydrogen (secondary N) is 1. The SMILES string of the molecule is CCCCCC(=O)NC(Cc1cccc2ccccc12)C(=O)[O-].[Na+]. The van der Waals surface area contributed by atoms with Gasteiger partial charge in [0.15, 0.2) is 0 Å². The van der Waals surface area contributed by atoms with E-state index in [2.05, 4.69) is 12.2 Å². The van der Waals surface area contributed by atoms with Crippen LogP contribution in [0.3, 0.4) is 0 Å². The van der Waals surface area contributed by atoms with Crippen LogP contribution in [-0.2, 0) is 16.0 Å². The van der Waals surface area contributed by atoms with Crippen molar-refractivity contribution in [3.8, 4) is 0 Å². The topological polar surface area (TPSA) is 69.2 Å². The molecule has 2 rings (SSSR count). The minimum atomic E-state index is -1.25. The van der Waals surface area contributed by atoms with Crippen molar-refractivity contribution in [3.63, 3.8) is 0 Å². The van der Waals surface area contributed by atoms with Gasteiger partial charge in [0.25, 0.3) is 0 Å². The third kappa shape index (κ3) is 5.93. The number of rotatable bonds is 8. The smallest absolute Gasteiger partial charge is 0.548 e. The summed E-state index contributed by atoms with van der Waals surface area (Å²) in [5.41, 5.74) is 0.895. The van der Waals surface area contributed by atoms with Crippen molar-refractivity contribution in [1.82, 2.24) is 5.32 Å². The number of carboxylic acid groups (broad SMARTS) is 1. The summed E-state index contributed by atoms with van der Waals surface area (Å²) in [4.78, 5) is 23.3. The van der Waals surface area contributed by atoms with Gasteiger partial charge in [0.2, 0.25) is 5.91 Å². The van der Waals surface area contributed by atoms with Gasteiger partial charge in [-0.3, -0.25) is 4.79 Å². The predicted molar refractivity (Wildman–Crippen MR) is 88.7 cm³/mol. The molecule has 4 nitrogen and oxygen atoms in total. The fraction of sp³-hybridized carbons (Fsp3) is 0.368. The first kappa shape index (κ1) is 20.7. The van der Waals surface area contributed by atoms with Gasteiger partial charge in [0.05, 0.1) is 12.0 Å². The van der Waals surface area contributed by atoms with Crippen LogP contribution < -0.4 is 40.0 Å². The average Bonchev–Trinajstić information content (AvgIpc) is 2.54. The standard InChI is InChI=1S/C19H23NO3.Na/c1-2-3-4-12-18(21)20-17(19(22)23)13-15-10-7-9-14-8-5-6-11-16(14)15;/h5-11,17H,2-4,12-13H2,1H3,(H,20,21)(H,22,23);/q;+1/p-1. The van der Waals surface area contributed by atoms with E-state index >= 15 is 0 Å². The van der Waals surface area contributed by atoms with Crippen molar-refractivity contribution in [2.45, 2.75) is 45.1 Å². The summed E-state index contributed by atoms with van der Waals surface area (Å²) in [7, 11) is 0. The maximum Gasteiger partial charge on any atom is 1.00 e. The summed E-state index contributed by atoms with van der Waals surface area (Å²) in [6, 6.07) is 12.6. The molecule has 0 heterocycles. The molecule has 0 aromatic heterocycles. The number of benzene rings is 2. The predicted octanol–water partition coefficient (Wildman–Crippen LogP) is -0.799. The molecule has 0 fully saturated rings. The second-order valence-corrected chi connectivity index (χ2v) is 5.74. The molecule has 2 aromatic carbocycles. The van der Waals surface area contributed by atoms with Crippen LogP contribution in [0, 0.1) is 0 Å². The van der Waals surface area contributed by atoms with Gasteiger partial charge >= 0.3 is 29.6 Å². The number of hydrogen-bond donors (Lipinski definition) is 1. The Balaban J connectivity index is 0.00000288. The summed E-state index contributed by atoms with van der Waals surface area (Å²) in [6.07, 6.45) is 3.34. The van der Waals surface area contributed by atoms with Crippen LogP contribution in [0.1, 0.15) is 38.2 Å². The molecule has 5 heteroatoms. The Labute approximate surface area is 164 Å². The van der Waals surface area contributed by atoms with E-state index in [4.69, 9.17) is 0 Å². The number of carbonyl (C=O) groups excluding carboxylic acids is 2. The molecule has 2 aromatic rings. The van der Waals surface area contributed by atoms with Crippen molar-refractivity contribution in [2.24, 2.45) is 0 Å². The molecule has 0 aliphatic rings. The first-order valence-electron chi connectivity index (χ1n) is 8.08. The molecule has 1 N–H and O–H groups in total. The minimum absolute atomic E-state index is 0. The summed E-state index contributed by atoms with van der Waals surface area (Å²) in [5.74, 6) is -1.48. The quantitative estimate of drug-likeness (QED) is 0.507. The van der Waals surface area contributed by atoms with E-state index in [1.807, 2.05) is 42.5 Å². The second kappa shape index (κ2) is 10.5. The zero-order valence-electron chi connectivity index (χ0n) is 14.4. The van der Waals surface area contributed by atoms with Crippen LogP contribution in [0.25, 0.3) is 10.8 Å². The third-order valence-electron chi connectivity index (χ3n) is 3.93. The van der Waals surface area contributed by atoms with Crippen LogP contribution in [-0.4, -0.2) is 17.9 Å². The fourth-order valence-electron chi connectivity index (χ4n) is 2.69. The summed E-state index contributed by atoms with van der Waals surface area (Å²) >= 11 is 0. The van der Waals surface area contributed by atoms with Crippen LogP contribution >= 0.6 is 0 Å². The molecule has 0 radical (unpaired) electrons. The Morgan fingerprint density at radius 3 is 2.50 bits per heavy atom. The molecule has 0 saturated heterocycles. The molecular weight excluding hydrogens is 313 g/mol. The van der Waals surface area contributed by atoms with Crippen molar-refractivity contribution >= 4 is 22.6 Å². The number of carboxylic acids is 1. The van der Waals surface area contributed by atoms with E-state index in [1.54, 1.807) is 0 Å². The molecule has 24 heavy (non-hydrogen) atoms. The molecule has 0 aliphatic heterocycles. The first-order chi connectivity index (χ1) is 11.1. The van der Waals surface area contributed by atoms with Crippen molar-refractivity contribution in [3.05, 3.63) is 48.0 Å². The fourth-order valence-corrected chi connectivity index (χ4v) is 2.69. The Morgan fingerprint density at radius 1 is 1.08 bits per heavy atom. The average molecular weight is 335 g/mol. The molecule has 0 spiro atoms. The van der Waals surface area contributed by atoms with Crippen molar-refractivity contribution in [1.29, 1.82) is 0 Å². The number of unbranched alkanes of at least 4 members (excludes halogenated alkanes) is 2. The van der Waals surface area contributed by atoms with E-state index in [-0.39, 0.29) is 41.9 Å².